The third-order valence-electron chi connectivity index (χ3n) is 3.10. The molecule has 122 valence electrons. The summed E-state index contributed by atoms with van der Waals surface area (Å²) in [4.78, 5) is 19.4. The molecule has 0 unspecified atom stereocenters. The predicted molar refractivity (Wildman–Crippen MR) is 85.8 cm³/mol. The van der Waals surface area contributed by atoms with Gasteiger partial charge in [0.15, 0.2) is 21.3 Å². The number of benzene rings is 1. The molecule has 0 aliphatic rings. The number of rotatable bonds is 6. The molecular weight excluding hydrogens is 318 g/mol. The Morgan fingerprint density at radius 2 is 1.91 bits per heavy atom. The summed E-state index contributed by atoms with van der Waals surface area (Å²) in [7, 11) is -3.25. The van der Waals surface area contributed by atoms with Crippen molar-refractivity contribution in [2.45, 2.75) is 24.7 Å². The summed E-state index contributed by atoms with van der Waals surface area (Å²) in [6.07, 6.45) is 3.71. The molecular formula is C15H17N3O4S. The van der Waals surface area contributed by atoms with Gasteiger partial charge in [0.05, 0.1) is 16.8 Å². The summed E-state index contributed by atoms with van der Waals surface area (Å²) >= 11 is 0. The Kier molecular flexibility index (Phi) is 4.95. The van der Waals surface area contributed by atoms with Gasteiger partial charge in [0.25, 0.3) is 0 Å². The number of aryl methyl sites for hydroxylation is 1. The van der Waals surface area contributed by atoms with Gasteiger partial charge in [-0.1, -0.05) is 13.3 Å². The summed E-state index contributed by atoms with van der Waals surface area (Å²) < 4.78 is 22.9. The van der Waals surface area contributed by atoms with E-state index in [-0.39, 0.29) is 10.6 Å². The summed E-state index contributed by atoms with van der Waals surface area (Å²) in [6, 6.07) is 6.24. The Hall–Kier alpha value is -2.48. The highest BCUT2D eigenvalue weighted by atomic mass is 32.2. The first-order valence-corrected chi connectivity index (χ1v) is 8.86. The van der Waals surface area contributed by atoms with E-state index < -0.39 is 15.8 Å². The summed E-state index contributed by atoms with van der Waals surface area (Å²) in [5.41, 5.74) is 1.10. The Labute approximate surface area is 134 Å². The molecule has 7 nitrogen and oxygen atoms in total. The molecule has 0 atom stereocenters. The number of carbonyl (C=O) groups is 1. The van der Waals surface area contributed by atoms with Crippen molar-refractivity contribution in [2.75, 3.05) is 11.6 Å². The number of nitrogens with one attached hydrogen (secondary N) is 1. The van der Waals surface area contributed by atoms with E-state index in [1.807, 2.05) is 6.92 Å². The lowest BCUT2D eigenvalue weighted by Gasteiger charge is -2.11. The Morgan fingerprint density at radius 1 is 1.26 bits per heavy atom. The third kappa shape index (κ3) is 4.26. The summed E-state index contributed by atoms with van der Waals surface area (Å²) in [5, 5.41) is 12.0. The molecule has 2 N–H and O–H groups in total. The van der Waals surface area contributed by atoms with Crippen LogP contribution in [-0.4, -0.2) is 35.7 Å². The van der Waals surface area contributed by atoms with Crippen molar-refractivity contribution >= 4 is 27.3 Å². The SMILES string of the molecule is CCCc1nc(C(=O)O)cnc1Nc1ccc(S(C)(=O)=O)cc1. The van der Waals surface area contributed by atoms with E-state index in [0.717, 1.165) is 12.7 Å². The quantitative estimate of drug-likeness (QED) is 0.833. The van der Waals surface area contributed by atoms with Gasteiger partial charge in [-0.3, -0.25) is 0 Å². The molecule has 0 amide bonds. The highest BCUT2D eigenvalue weighted by Crippen LogP contribution is 2.20. The van der Waals surface area contributed by atoms with Crippen LogP contribution in [0.4, 0.5) is 11.5 Å². The molecule has 0 saturated carbocycles. The molecule has 0 bridgehead atoms. The Bertz CT molecular complexity index is 817. The minimum Gasteiger partial charge on any atom is -0.476 e. The maximum absolute atomic E-state index is 11.4. The largest absolute Gasteiger partial charge is 0.476 e. The Balaban J connectivity index is 2.30. The van der Waals surface area contributed by atoms with Crippen LogP contribution >= 0.6 is 0 Å². The smallest absolute Gasteiger partial charge is 0.356 e. The van der Waals surface area contributed by atoms with Crippen LogP contribution in [0.2, 0.25) is 0 Å². The molecule has 0 radical (unpaired) electrons. The van der Waals surface area contributed by atoms with Crippen molar-refractivity contribution in [2.24, 2.45) is 0 Å². The molecule has 1 heterocycles. The van der Waals surface area contributed by atoms with Crippen molar-refractivity contribution in [3.63, 3.8) is 0 Å². The van der Waals surface area contributed by atoms with Gasteiger partial charge in [-0.15, -0.1) is 0 Å². The molecule has 0 aliphatic heterocycles. The van der Waals surface area contributed by atoms with Gasteiger partial charge < -0.3 is 10.4 Å². The zero-order valence-corrected chi connectivity index (χ0v) is 13.6. The summed E-state index contributed by atoms with van der Waals surface area (Å²) in [5.74, 6) is -0.664. The minimum absolute atomic E-state index is 0.105. The molecule has 23 heavy (non-hydrogen) atoms. The summed E-state index contributed by atoms with van der Waals surface area (Å²) in [6.45, 7) is 1.96. The first-order chi connectivity index (χ1) is 10.8. The van der Waals surface area contributed by atoms with Crippen LogP contribution in [0.3, 0.4) is 0 Å². The zero-order valence-electron chi connectivity index (χ0n) is 12.8. The topological polar surface area (TPSA) is 109 Å². The van der Waals surface area contributed by atoms with Gasteiger partial charge >= 0.3 is 5.97 Å². The van der Waals surface area contributed by atoms with E-state index in [4.69, 9.17) is 5.11 Å². The molecule has 0 spiro atoms. The van der Waals surface area contributed by atoms with E-state index in [1.165, 1.54) is 18.3 Å². The fraction of sp³-hybridized carbons (Fsp3) is 0.267. The second-order valence-corrected chi connectivity index (χ2v) is 7.04. The maximum Gasteiger partial charge on any atom is 0.356 e. The normalized spacial score (nSPS) is 11.2. The highest BCUT2D eigenvalue weighted by molar-refractivity contribution is 7.90. The van der Waals surface area contributed by atoms with Gasteiger partial charge in [-0.2, -0.15) is 0 Å². The lowest BCUT2D eigenvalue weighted by atomic mass is 10.2. The van der Waals surface area contributed by atoms with Crippen LogP contribution in [-0.2, 0) is 16.3 Å². The monoisotopic (exact) mass is 335 g/mol. The second-order valence-electron chi connectivity index (χ2n) is 5.03. The van der Waals surface area contributed by atoms with Gasteiger partial charge in [-0.25, -0.2) is 23.2 Å². The lowest BCUT2D eigenvalue weighted by molar-refractivity contribution is 0.0689. The van der Waals surface area contributed by atoms with Crippen LogP contribution in [0.25, 0.3) is 0 Å². The Morgan fingerprint density at radius 3 is 2.43 bits per heavy atom. The molecule has 0 aliphatic carbocycles. The van der Waals surface area contributed by atoms with Gasteiger partial charge in [0.2, 0.25) is 0 Å². The van der Waals surface area contributed by atoms with E-state index in [0.29, 0.717) is 23.6 Å². The van der Waals surface area contributed by atoms with Crippen molar-refractivity contribution < 1.29 is 18.3 Å². The van der Waals surface area contributed by atoms with Crippen LogP contribution in [0.15, 0.2) is 35.4 Å². The van der Waals surface area contributed by atoms with Crippen molar-refractivity contribution in [3.8, 4) is 0 Å². The molecule has 0 fully saturated rings. The number of carboxylic acids is 1. The minimum atomic E-state index is -3.25. The van der Waals surface area contributed by atoms with E-state index in [1.54, 1.807) is 12.1 Å². The fourth-order valence-electron chi connectivity index (χ4n) is 1.97. The number of hydrogen-bond donors (Lipinski definition) is 2. The number of sulfone groups is 1. The predicted octanol–water partition coefficient (Wildman–Crippen LogP) is 2.27. The van der Waals surface area contributed by atoms with E-state index >= 15 is 0 Å². The van der Waals surface area contributed by atoms with Crippen molar-refractivity contribution in [1.29, 1.82) is 0 Å². The van der Waals surface area contributed by atoms with Gasteiger partial charge in [0.1, 0.15) is 0 Å². The number of aromatic carboxylic acids is 1. The molecule has 1 aromatic carbocycles. The number of carboxylic acid groups (broad SMARTS) is 1. The van der Waals surface area contributed by atoms with E-state index in [9.17, 15) is 13.2 Å². The van der Waals surface area contributed by atoms with Gasteiger partial charge in [-0.05, 0) is 30.7 Å². The fourth-order valence-corrected chi connectivity index (χ4v) is 2.60. The van der Waals surface area contributed by atoms with Crippen LogP contribution in [0.5, 0.6) is 0 Å². The average Bonchev–Trinajstić information content (AvgIpc) is 2.48. The number of aromatic nitrogens is 2. The number of anilines is 2. The molecule has 2 rings (SSSR count). The van der Waals surface area contributed by atoms with Crippen molar-refractivity contribution in [3.05, 3.63) is 41.9 Å². The van der Waals surface area contributed by atoms with Crippen LogP contribution in [0, 0.1) is 0 Å². The van der Waals surface area contributed by atoms with Gasteiger partial charge in [0, 0.05) is 11.9 Å². The lowest BCUT2D eigenvalue weighted by Crippen LogP contribution is -2.08. The molecule has 1 aromatic heterocycles. The molecule has 8 heteroatoms. The molecule has 0 saturated heterocycles. The number of nitrogens with zero attached hydrogens (tertiary/aromatic N) is 2. The third-order valence-corrected chi connectivity index (χ3v) is 4.22. The highest BCUT2D eigenvalue weighted by Gasteiger charge is 2.12. The average molecular weight is 335 g/mol. The van der Waals surface area contributed by atoms with Crippen molar-refractivity contribution in [1.82, 2.24) is 9.97 Å². The second kappa shape index (κ2) is 6.74. The first kappa shape index (κ1) is 16.9. The van der Waals surface area contributed by atoms with Crippen LogP contribution < -0.4 is 5.32 Å². The standard InChI is InChI=1S/C15H17N3O4S/c1-3-4-12-14(16-9-13(18-12)15(19)20)17-10-5-7-11(8-6-10)23(2,21)22/h5-9H,3-4H2,1-2H3,(H,16,17)(H,19,20). The van der Waals surface area contributed by atoms with E-state index in [2.05, 4.69) is 15.3 Å². The van der Waals surface area contributed by atoms with Crippen LogP contribution in [0.1, 0.15) is 29.5 Å². The first-order valence-electron chi connectivity index (χ1n) is 6.97. The zero-order chi connectivity index (χ0) is 17.0. The maximum atomic E-state index is 11.4. The number of hydrogen-bond acceptors (Lipinski definition) is 6. The molecule has 2 aromatic rings.